The zero-order valence-corrected chi connectivity index (χ0v) is 12.1. The van der Waals surface area contributed by atoms with Crippen LogP contribution in [-0.4, -0.2) is 34.1 Å². The molecule has 0 saturated carbocycles. The average Bonchev–Trinajstić information content (AvgIpc) is 2.78. The lowest BCUT2D eigenvalue weighted by atomic mass is 10.1. The third-order valence-electron chi connectivity index (χ3n) is 3.31. The average molecular weight is 288 g/mol. The van der Waals surface area contributed by atoms with Gasteiger partial charge in [0, 0.05) is 12.6 Å². The highest BCUT2D eigenvalue weighted by Gasteiger charge is 2.21. The number of nitrogens with zero attached hydrogens (tertiary/aromatic N) is 2. The van der Waals surface area contributed by atoms with Crippen LogP contribution < -0.4 is 0 Å². The van der Waals surface area contributed by atoms with Gasteiger partial charge < -0.3 is 14.5 Å². The van der Waals surface area contributed by atoms with Crippen molar-refractivity contribution in [2.24, 2.45) is 0 Å². The molecule has 0 atom stereocenters. The number of aromatic carboxylic acids is 1. The fourth-order valence-corrected chi connectivity index (χ4v) is 2.10. The predicted octanol–water partition coefficient (Wildman–Crippen LogP) is 2.26. The first kappa shape index (κ1) is 14.8. The largest absolute Gasteiger partial charge is 0.478 e. The van der Waals surface area contributed by atoms with E-state index in [4.69, 9.17) is 9.63 Å². The van der Waals surface area contributed by atoms with Crippen LogP contribution in [0.15, 0.2) is 28.8 Å². The van der Waals surface area contributed by atoms with E-state index in [1.807, 2.05) is 0 Å². The Labute approximate surface area is 122 Å². The van der Waals surface area contributed by atoms with Crippen molar-refractivity contribution in [2.45, 2.75) is 20.4 Å². The van der Waals surface area contributed by atoms with Crippen molar-refractivity contribution in [2.75, 3.05) is 7.05 Å². The van der Waals surface area contributed by atoms with Crippen LogP contribution in [0.2, 0.25) is 0 Å². The van der Waals surface area contributed by atoms with E-state index >= 15 is 0 Å². The summed E-state index contributed by atoms with van der Waals surface area (Å²) in [7, 11) is 1.62. The van der Waals surface area contributed by atoms with Crippen LogP contribution >= 0.6 is 0 Å². The number of carboxylic acids is 1. The topological polar surface area (TPSA) is 83.6 Å². The van der Waals surface area contributed by atoms with Gasteiger partial charge in [-0.2, -0.15) is 0 Å². The van der Waals surface area contributed by atoms with Gasteiger partial charge >= 0.3 is 5.97 Å². The number of hydrogen-bond donors (Lipinski definition) is 1. The van der Waals surface area contributed by atoms with Crippen molar-refractivity contribution in [3.63, 3.8) is 0 Å². The first-order valence-corrected chi connectivity index (χ1v) is 6.41. The van der Waals surface area contributed by atoms with Gasteiger partial charge in [0.2, 0.25) is 0 Å². The highest BCUT2D eigenvalue weighted by molar-refractivity contribution is 6.04. The number of amides is 1. The maximum absolute atomic E-state index is 12.4. The van der Waals surface area contributed by atoms with E-state index in [2.05, 4.69) is 5.16 Å². The van der Waals surface area contributed by atoms with Gasteiger partial charge in [-0.05, 0) is 26.0 Å². The van der Waals surface area contributed by atoms with Crippen LogP contribution in [0.25, 0.3) is 0 Å². The van der Waals surface area contributed by atoms with Crippen LogP contribution in [0.4, 0.5) is 0 Å². The van der Waals surface area contributed by atoms with Crippen LogP contribution in [0.5, 0.6) is 0 Å². The molecule has 21 heavy (non-hydrogen) atoms. The molecule has 6 heteroatoms. The molecule has 1 aromatic heterocycles. The zero-order chi connectivity index (χ0) is 15.6. The SMILES string of the molecule is Cc1noc(C)c1CN(C)C(=O)c1ccccc1C(=O)O. The summed E-state index contributed by atoms with van der Waals surface area (Å²) in [5.41, 5.74) is 1.71. The second kappa shape index (κ2) is 5.78. The summed E-state index contributed by atoms with van der Waals surface area (Å²) in [5.74, 6) is -0.823. The highest BCUT2D eigenvalue weighted by atomic mass is 16.5. The third kappa shape index (κ3) is 2.94. The van der Waals surface area contributed by atoms with E-state index in [0.29, 0.717) is 12.3 Å². The molecular weight excluding hydrogens is 272 g/mol. The van der Waals surface area contributed by atoms with E-state index < -0.39 is 5.97 Å². The molecule has 0 spiro atoms. The molecule has 0 bridgehead atoms. The van der Waals surface area contributed by atoms with E-state index in [1.54, 1.807) is 33.0 Å². The normalized spacial score (nSPS) is 10.4. The molecule has 110 valence electrons. The summed E-state index contributed by atoms with van der Waals surface area (Å²) in [6, 6.07) is 6.16. The summed E-state index contributed by atoms with van der Waals surface area (Å²) in [4.78, 5) is 25.1. The fraction of sp³-hybridized carbons (Fsp3) is 0.267. The lowest BCUT2D eigenvalue weighted by Gasteiger charge is -2.18. The Morgan fingerprint density at radius 2 is 1.86 bits per heavy atom. The third-order valence-corrected chi connectivity index (χ3v) is 3.31. The van der Waals surface area contributed by atoms with E-state index in [-0.39, 0.29) is 17.0 Å². The van der Waals surface area contributed by atoms with Gasteiger partial charge in [0.25, 0.3) is 5.91 Å². The Hall–Kier alpha value is -2.63. The predicted molar refractivity (Wildman–Crippen MR) is 75.2 cm³/mol. The minimum atomic E-state index is -1.12. The Morgan fingerprint density at radius 3 is 2.38 bits per heavy atom. The maximum atomic E-state index is 12.4. The molecule has 0 unspecified atom stereocenters. The first-order valence-electron chi connectivity index (χ1n) is 6.41. The molecule has 1 N–H and O–H groups in total. The molecule has 0 radical (unpaired) electrons. The summed E-state index contributed by atoms with van der Waals surface area (Å²) in [5, 5.41) is 13.0. The van der Waals surface area contributed by atoms with Gasteiger partial charge in [-0.25, -0.2) is 4.79 Å². The van der Waals surface area contributed by atoms with Crippen LogP contribution in [0, 0.1) is 13.8 Å². The van der Waals surface area contributed by atoms with Crippen molar-refractivity contribution in [3.05, 3.63) is 52.4 Å². The Morgan fingerprint density at radius 1 is 1.24 bits per heavy atom. The molecule has 2 aromatic rings. The van der Waals surface area contributed by atoms with Gasteiger partial charge in [0.1, 0.15) is 5.76 Å². The van der Waals surface area contributed by atoms with Crippen LogP contribution in [0.1, 0.15) is 37.7 Å². The number of hydrogen-bond acceptors (Lipinski definition) is 4. The molecule has 0 fully saturated rings. The van der Waals surface area contributed by atoms with Gasteiger partial charge in [-0.1, -0.05) is 17.3 Å². The van der Waals surface area contributed by atoms with Crippen molar-refractivity contribution in [3.8, 4) is 0 Å². The van der Waals surface area contributed by atoms with Gasteiger partial charge in [-0.15, -0.1) is 0 Å². The second-order valence-electron chi connectivity index (χ2n) is 4.81. The zero-order valence-electron chi connectivity index (χ0n) is 12.1. The Kier molecular flexibility index (Phi) is 4.07. The standard InChI is InChI=1S/C15H16N2O4/c1-9-13(10(2)21-16-9)8-17(3)14(18)11-6-4-5-7-12(11)15(19)20/h4-7H,8H2,1-3H3,(H,19,20). The Bertz CT molecular complexity index is 671. The van der Waals surface area contributed by atoms with E-state index in [0.717, 1.165) is 11.3 Å². The molecule has 0 saturated heterocycles. The van der Waals surface area contributed by atoms with Crippen molar-refractivity contribution < 1.29 is 19.2 Å². The number of carboxylic acid groups (broad SMARTS) is 1. The smallest absolute Gasteiger partial charge is 0.336 e. The van der Waals surface area contributed by atoms with Gasteiger partial charge in [0.05, 0.1) is 23.4 Å². The lowest BCUT2D eigenvalue weighted by molar-refractivity contribution is 0.0680. The van der Waals surface area contributed by atoms with Crippen LogP contribution in [0.3, 0.4) is 0 Å². The molecule has 0 aliphatic heterocycles. The monoisotopic (exact) mass is 288 g/mol. The fourth-order valence-electron chi connectivity index (χ4n) is 2.10. The Balaban J connectivity index is 2.26. The summed E-state index contributed by atoms with van der Waals surface area (Å²) in [6.07, 6.45) is 0. The molecule has 1 amide bonds. The van der Waals surface area contributed by atoms with Gasteiger partial charge in [0.15, 0.2) is 0 Å². The summed E-state index contributed by atoms with van der Waals surface area (Å²) < 4.78 is 5.06. The number of aryl methyl sites for hydroxylation is 2. The molecule has 1 heterocycles. The van der Waals surface area contributed by atoms with E-state index in [9.17, 15) is 9.59 Å². The molecule has 2 rings (SSSR count). The van der Waals surface area contributed by atoms with Crippen molar-refractivity contribution in [1.82, 2.24) is 10.1 Å². The number of rotatable bonds is 4. The number of carbonyl (C=O) groups excluding carboxylic acids is 1. The first-order chi connectivity index (χ1) is 9.91. The number of carbonyl (C=O) groups is 2. The van der Waals surface area contributed by atoms with Crippen molar-refractivity contribution in [1.29, 1.82) is 0 Å². The van der Waals surface area contributed by atoms with E-state index in [1.165, 1.54) is 17.0 Å². The number of aromatic nitrogens is 1. The molecule has 0 aliphatic carbocycles. The van der Waals surface area contributed by atoms with Crippen LogP contribution in [-0.2, 0) is 6.54 Å². The second-order valence-corrected chi connectivity index (χ2v) is 4.81. The lowest BCUT2D eigenvalue weighted by Crippen LogP contribution is -2.28. The quantitative estimate of drug-likeness (QED) is 0.933. The minimum absolute atomic E-state index is 0.00638. The van der Waals surface area contributed by atoms with Crippen molar-refractivity contribution >= 4 is 11.9 Å². The number of benzene rings is 1. The molecule has 0 aliphatic rings. The molecule has 6 nitrogen and oxygen atoms in total. The maximum Gasteiger partial charge on any atom is 0.336 e. The molecule has 1 aromatic carbocycles. The summed E-state index contributed by atoms with van der Waals surface area (Å²) >= 11 is 0. The molecular formula is C15H16N2O4. The minimum Gasteiger partial charge on any atom is -0.478 e. The van der Waals surface area contributed by atoms with Gasteiger partial charge in [-0.3, -0.25) is 4.79 Å². The summed E-state index contributed by atoms with van der Waals surface area (Å²) in [6.45, 7) is 3.89. The highest BCUT2D eigenvalue weighted by Crippen LogP contribution is 2.17.